The zero-order valence-electron chi connectivity index (χ0n) is 33.5. The molecule has 12 nitrogen and oxygen atoms in total. The molecule has 2 aromatic rings. The summed E-state index contributed by atoms with van der Waals surface area (Å²) in [6.07, 6.45) is 15.8. The van der Waals surface area contributed by atoms with Gasteiger partial charge in [0, 0.05) is 25.9 Å². The summed E-state index contributed by atoms with van der Waals surface area (Å²) in [7, 11) is 5.37. The molecule has 1 aliphatic rings. The molecule has 54 heavy (non-hydrogen) atoms. The van der Waals surface area contributed by atoms with Crippen molar-refractivity contribution in [1.82, 2.24) is 15.3 Å². The maximum Gasteiger partial charge on any atom is 0.294 e. The standard InChI is InChI=1S/C42H65N5O7/c1-6-7-8-9-10-11-12-13-14-17-25-42(33-43,37-21-22-39(51-4)40(30-37)52-5)26-18-27-45(3)28-23-35-19-15-16-20-38(35)54-41-31-46(44-34(2)48)29-24-36(41)32-53-47(49)50/h15-16,19-22,30,36,41H,6-14,17-18,23-29,31-32H2,1-5H3,(H,44,48). The third-order valence-corrected chi connectivity index (χ3v) is 10.7. The van der Waals surface area contributed by atoms with Crippen LogP contribution in [0.15, 0.2) is 42.5 Å². The van der Waals surface area contributed by atoms with Crippen LogP contribution in [-0.2, 0) is 21.5 Å². The van der Waals surface area contributed by atoms with Crippen molar-refractivity contribution in [2.45, 2.75) is 122 Å². The number of carbonyl (C=O) groups excluding carboxylic acids is 1. The fourth-order valence-electron chi connectivity index (χ4n) is 7.47. The molecule has 1 aliphatic heterocycles. The van der Waals surface area contributed by atoms with Gasteiger partial charge in [0.25, 0.3) is 5.09 Å². The number of amides is 1. The van der Waals surface area contributed by atoms with Gasteiger partial charge in [-0.15, -0.1) is 10.1 Å². The predicted octanol–water partition coefficient (Wildman–Crippen LogP) is 8.06. The SMILES string of the molecule is CCCCCCCCCCCCC(C#N)(CCCN(C)CCc1ccccc1OC1CN(NC(C)=O)CCC1CO[N+](=O)[O-])c1ccc(OC)c(OC)c1. The van der Waals surface area contributed by atoms with Gasteiger partial charge in [-0.25, -0.2) is 5.01 Å². The number of para-hydroxylation sites is 1. The van der Waals surface area contributed by atoms with E-state index < -0.39 is 16.6 Å². The smallest absolute Gasteiger partial charge is 0.294 e. The Morgan fingerprint density at radius 1 is 0.963 bits per heavy atom. The van der Waals surface area contributed by atoms with Crippen LogP contribution in [-0.4, -0.2) is 81.1 Å². The van der Waals surface area contributed by atoms with Crippen molar-refractivity contribution in [3.8, 4) is 23.3 Å². The van der Waals surface area contributed by atoms with Crippen molar-refractivity contribution < 1.29 is 28.9 Å². The highest BCUT2D eigenvalue weighted by Gasteiger charge is 2.34. The van der Waals surface area contributed by atoms with Crippen molar-refractivity contribution in [2.24, 2.45) is 5.92 Å². The van der Waals surface area contributed by atoms with E-state index in [4.69, 9.17) is 19.0 Å². The molecule has 1 fully saturated rings. The number of hydrazine groups is 1. The number of piperidine rings is 1. The lowest BCUT2D eigenvalue weighted by Gasteiger charge is -2.38. The monoisotopic (exact) mass is 751 g/mol. The molecule has 0 radical (unpaired) electrons. The number of nitrogens with one attached hydrogen (secondary N) is 1. The molecule has 3 unspecified atom stereocenters. The number of hydrogen-bond donors (Lipinski definition) is 1. The van der Waals surface area contributed by atoms with E-state index in [2.05, 4.69) is 30.4 Å². The molecule has 0 saturated carbocycles. The Balaban J connectivity index is 1.61. The number of likely N-dealkylation sites (N-methyl/N-ethyl adjacent to an activating group) is 1. The summed E-state index contributed by atoms with van der Waals surface area (Å²) in [5, 5.41) is 22.8. The van der Waals surface area contributed by atoms with Crippen molar-refractivity contribution in [2.75, 3.05) is 54.1 Å². The molecule has 3 atom stereocenters. The Hall–Kier alpha value is -4.08. The normalized spacial score (nSPS) is 17.0. The van der Waals surface area contributed by atoms with Gasteiger partial charge in [-0.2, -0.15) is 5.26 Å². The molecular weight excluding hydrogens is 686 g/mol. The first-order valence-corrected chi connectivity index (χ1v) is 20.0. The van der Waals surface area contributed by atoms with Crippen molar-refractivity contribution >= 4 is 5.91 Å². The van der Waals surface area contributed by atoms with E-state index in [-0.39, 0.29) is 18.4 Å². The number of methoxy groups -OCH3 is 2. The quantitative estimate of drug-likeness (QED) is 0.0542. The summed E-state index contributed by atoms with van der Waals surface area (Å²) in [6.45, 7) is 6.19. The van der Waals surface area contributed by atoms with E-state index in [0.717, 1.165) is 68.5 Å². The minimum Gasteiger partial charge on any atom is -0.493 e. The van der Waals surface area contributed by atoms with Gasteiger partial charge in [0.15, 0.2) is 11.5 Å². The molecule has 0 bridgehead atoms. The summed E-state index contributed by atoms with van der Waals surface area (Å²) in [5.74, 6) is 1.64. The van der Waals surface area contributed by atoms with Crippen LogP contribution in [0.25, 0.3) is 0 Å². The first-order chi connectivity index (χ1) is 26.1. The fraction of sp³-hybridized carbons (Fsp3) is 0.667. The molecule has 1 heterocycles. The third-order valence-electron chi connectivity index (χ3n) is 10.7. The summed E-state index contributed by atoms with van der Waals surface area (Å²) in [5.41, 5.74) is 4.21. The van der Waals surface area contributed by atoms with Crippen LogP contribution in [0.5, 0.6) is 17.2 Å². The van der Waals surface area contributed by atoms with Crippen LogP contribution >= 0.6 is 0 Å². The molecule has 2 aromatic carbocycles. The number of nitriles is 1. The summed E-state index contributed by atoms with van der Waals surface area (Å²) < 4.78 is 17.7. The Labute approximate surface area is 323 Å². The Morgan fingerprint density at radius 3 is 2.28 bits per heavy atom. The maximum absolute atomic E-state index is 11.7. The van der Waals surface area contributed by atoms with E-state index >= 15 is 0 Å². The average molecular weight is 752 g/mol. The second kappa shape index (κ2) is 24.4. The van der Waals surface area contributed by atoms with E-state index in [0.29, 0.717) is 31.0 Å². The van der Waals surface area contributed by atoms with Crippen molar-refractivity contribution in [1.29, 1.82) is 5.26 Å². The Morgan fingerprint density at radius 2 is 1.63 bits per heavy atom. The second-order valence-electron chi connectivity index (χ2n) is 14.8. The van der Waals surface area contributed by atoms with Crippen LogP contribution in [0.1, 0.15) is 115 Å². The van der Waals surface area contributed by atoms with Crippen molar-refractivity contribution in [3.63, 3.8) is 0 Å². The predicted molar refractivity (Wildman–Crippen MR) is 211 cm³/mol. The van der Waals surface area contributed by atoms with E-state index in [1.807, 2.05) is 42.5 Å². The van der Waals surface area contributed by atoms with Gasteiger partial charge in [0.2, 0.25) is 5.91 Å². The lowest BCUT2D eigenvalue weighted by Crippen LogP contribution is -2.54. The first kappa shape index (κ1) is 44.3. The fourth-order valence-corrected chi connectivity index (χ4v) is 7.47. The zero-order chi connectivity index (χ0) is 39.2. The molecule has 300 valence electrons. The number of ether oxygens (including phenoxy) is 3. The van der Waals surface area contributed by atoms with Gasteiger partial charge in [-0.05, 0) is 75.0 Å². The largest absolute Gasteiger partial charge is 0.493 e. The molecule has 1 N–H and O–H groups in total. The molecule has 1 saturated heterocycles. The van der Waals surface area contributed by atoms with Crippen LogP contribution in [0.2, 0.25) is 0 Å². The Kier molecular flexibility index (Phi) is 20.0. The molecule has 12 heteroatoms. The first-order valence-electron chi connectivity index (χ1n) is 20.0. The van der Waals surface area contributed by atoms with Gasteiger partial charge in [0.1, 0.15) is 18.5 Å². The van der Waals surface area contributed by atoms with Gasteiger partial charge in [-0.3, -0.25) is 10.2 Å². The molecule has 0 aliphatic carbocycles. The van der Waals surface area contributed by atoms with Gasteiger partial charge < -0.3 is 23.9 Å². The molecule has 0 spiro atoms. The third kappa shape index (κ3) is 15.0. The number of benzene rings is 2. The molecule has 0 aromatic heterocycles. The maximum atomic E-state index is 11.7. The van der Waals surface area contributed by atoms with E-state index in [9.17, 15) is 20.2 Å². The van der Waals surface area contributed by atoms with E-state index in [1.54, 1.807) is 19.2 Å². The lowest BCUT2D eigenvalue weighted by molar-refractivity contribution is -0.759. The van der Waals surface area contributed by atoms with E-state index in [1.165, 1.54) is 58.3 Å². The summed E-state index contributed by atoms with van der Waals surface area (Å²) in [6, 6.07) is 16.5. The minimum atomic E-state index is -0.770. The van der Waals surface area contributed by atoms with Gasteiger partial charge in [-0.1, -0.05) is 95.4 Å². The minimum absolute atomic E-state index is 0.0663. The summed E-state index contributed by atoms with van der Waals surface area (Å²) in [4.78, 5) is 29.7. The Bertz CT molecular complexity index is 1450. The number of hydrogen-bond acceptors (Lipinski definition) is 10. The van der Waals surface area contributed by atoms with Gasteiger partial charge >= 0.3 is 0 Å². The number of carbonyl (C=O) groups is 1. The second-order valence-corrected chi connectivity index (χ2v) is 14.8. The van der Waals surface area contributed by atoms with Crippen LogP contribution in [0.4, 0.5) is 0 Å². The van der Waals surface area contributed by atoms with Crippen LogP contribution in [0.3, 0.4) is 0 Å². The number of unbranched alkanes of at least 4 members (excludes halogenated alkanes) is 9. The molecule has 1 amide bonds. The molecular formula is C42H65N5O7. The lowest BCUT2D eigenvalue weighted by atomic mass is 9.74. The van der Waals surface area contributed by atoms with Crippen LogP contribution < -0.4 is 19.6 Å². The topological polar surface area (TPSA) is 139 Å². The highest BCUT2D eigenvalue weighted by atomic mass is 16.9. The number of rotatable bonds is 27. The highest BCUT2D eigenvalue weighted by molar-refractivity contribution is 5.72. The highest BCUT2D eigenvalue weighted by Crippen LogP contribution is 2.39. The van der Waals surface area contributed by atoms with Gasteiger partial charge in [0.05, 0.1) is 32.2 Å². The number of nitrogens with zero attached hydrogens (tertiary/aromatic N) is 4. The zero-order valence-corrected chi connectivity index (χ0v) is 33.5. The van der Waals surface area contributed by atoms with Crippen LogP contribution in [0, 0.1) is 27.4 Å². The average Bonchev–Trinajstić information content (AvgIpc) is 3.16. The molecule has 3 rings (SSSR count). The summed E-state index contributed by atoms with van der Waals surface area (Å²) >= 11 is 0. The van der Waals surface area contributed by atoms with Crippen molar-refractivity contribution in [3.05, 3.63) is 63.7 Å².